The van der Waals surface area contributed by atoms with Crippen LogP contribution in [0.3, 0.4) is 0 Å². The van der Waals surface area contributed by atoms with Crippen molar-refractivity contribution in [1.82, 2.24) is 9.88 Å². The molecule has 0 amide bonds. The van der Waals surface area contributed by atoms with E-state index in [0.29, 0.717) is 6.54 Å². The Morgan fingerprint density at radius 2 is 2.10 bits per heavy atom. The first kappa shape index (κ1) is 14.5. The van der Waals surface area contributed by atoms with Crippen LogP contribution < -0.4 is 5.56 Å². The first-order valence-corrected chi connectivity index (χ1v) is 6.99. The highest BCUT2D eigenvalue weighted by molar-refractivity contribution is 5.79. The van der Waals surface area contributed by atoms with Crippen LogP contribution in [-0.4, -0.2) is 23.0 Å². The molecule has 0 aliphatic heterocycles. The van der Waals surface area contributed by atoms with Gasteiger partial charge in [-0.25, -0.2) is 0 Å². The second-order valence-corrected chi connectivity index (χ2v) is 5.47. The van der Waals surface area contributed by atoms with Crippen molar-refractivity contribution in [2.75, 3.05) is 13.1 Å². The van der Waals surface area contributed by atoms with Crippen LogP contribution in [0, 0.1) is 6.92 Å². The summed E-state index contributed by atoms with van der Waals surface area (Å²) in [5.74, 6) is 0. The van der Waals surface area contributed by atoms with Crippen LogP contribution in [0.1, 0.15) is 25.0 Å². The maximum Gasteiger partial charge on any atom is 0.252 e. The van der Waals surface area contributed by atoms with Gasteiger partial charge in [-0.3, -0.25) is 9.69 Å². The second-order valence-electron chi connectivity index (χ2n) is 5.47. The van der Waals surface area contributed by atoms with Crippen molar-refractivity contribution in [1.29, 1.82) is 0 Å². The lowest BCUT2D eigenvalue weighted by molar-refractivity contribution is 0.303. The molecule has 0 saturated heterocycles. The number of fused-ring (bicyclic) bond motifs is 1. The van der Waals surface area contributed by atoms with E-state index in [-0.39, 0.29) is 5.56 Å². The molecule has 2 aromatic rings. The van der Waals surface area contributed by atoms with Gasteiger partial charge in [-0.15, -0.1) is 0 Å². The third kappa shape index (κ3) is 3.36. The Balaban J connectivity index is 2.34. The van der Waals surface area contributed by atoms with Gasteiger partial charge in [0, 0.05) is 24.2 Å². The fourth-order valence-corrected chi connectivity index (χ4v) is 2.38. The number of likely N-dealkylation sites (N-methyl/N-ethyl adjacent to an activating group) is 1. The van der Waals surface area contributed by atoms with Crippen molar-refractivity contribution >= 4 is 10.9 Å². The fraction of sp³-hybridized carbons (Fsp3) is 0.353. The van der Waals surface area contributed by atoms with Crippen molar-refractivity contribution < 1.29 is 0 Å². The number of hydrogen-bond acceptors (Lipinski definition) is 2. The molecule has 106 valence electrons. The molecule has 1 aromatic carbocycles. The van der Waals surface area contributed by atoms with Gasteiger partial charge < -0.3 is 4.98 Å². The van der Waals surface area contributed by atoms with Crippen LogP contribution >= 0.6 is 0 Å². The number of H-pyrrole nitrogens is 1. The van der Waals surface area contributed by atoms with Gasteiger partial charge in [0.1, 0.15) is 0 Å². The van der Waals surface area contributed by atoms with Gasteiger partial charge in [0.15, 0.2) is 0 Å². The molecule has 0 saturated carbocycles. The molecule has 1 N–H and O–H groups in total. The lowest BCUT2D eigenvalue weighted by Crippen LogP contribution is -2.28. The third-order valence-electron chi connectivity index (χ3n) is 3.41. The number of aromatic nitrogens is 1. The van der Waals surface area contributed by atoms with Gasteiger partial charge in [0.05, 0.1) is 0 Å². The van der Waals surface area contributed by atoms with Gasteiger partial charge in [-0.1, -0.05) is 31.2 Å². The zero-order valence-electron chi connectivity index (χ0n) is 12.5. The SMILES string of the molecule is C=C(C)CN(CC)Cc1cc2ccc(C)cc2[nH]c1=O. The van der Waals surface area contributed by atoms with Crippen molar-refractivity contribution in [3.8, 4) is 0 Å². The number of rotatable bonds is 5. The predicted octanol–water partition coefficient (Wildman–Crippen LogP) is 3.23. The molecule has 0 aliphatic carbocycles. The topological polar surface area (TPSA) is 36.1 Å². The average molecular weight is 270 g/mol. The Morgan fingerprint density at radius 3 is 2.75 bits per heavy atom. The summed E-state index contributed by atoms with van der Waals surface area (Å²) in [6.07, 6.45) is 0. The molecule has 3 heteroatoms. The number of aromatic amines is 1. The van der Waals surface area contributed by atoms with Crippen LogP contribution in [-0.2, 0) is 6.54 Å². The average Bonchev–Trinajstić information content (AvgIpc) is 2.38. The molecule has 20 heavy (non-hydrogen) atoms. The van der Waals surface area contributed by atoms with Crippen LogP contribution in [0.5, 0.6) is 0 Å². The van der Waals surface area contributed by atoms with E-state index < -0.39 is 0 Å². The van der Waals surface area contributed by atoms with E-state index in [4.69, 9.17) is 0 Å². The van der Waals surface area contributed by atoms with Crippen LogP contribution in [0.15, 0.2) is 41.2 Å². The Labute approximate surface area is 119 Å². The smallest absolute Gasteiger partial charge is 0.252 e. The molecular formula is C17H22N2O. The highest BCUT2D eigenvalue weighted by atomic mass is 16.1. The molecule has 1 heterocycles. The largest absolute Gasteiger partial charge is 0.322 e. The first-order valence-electron chi connectivity index (χ1n) is 6.99. The van der Waals surface area contributed by atoms with Gasteiger partial charge in [-0.05, 0) is 43.5 Å². The van der Waals surface area contributed by atoms with E-state index in [0.717, 1.165) is 40.7 Å². The minimum absolute atomic E-state index is 0.00302. The molecule has 2 rings (SSSR count). The van der Waals surface area contributed by atoms with E-state index in [1.165, 1.54) is 0 Å². The summed E-state index contributed by atoms with van der Waals surface area (Å²) in [5.41, 5.74) is 3.98. The van der Waals surface area contributed by atoms with E-state index in [9.17, 15) is 4.79 Å². The Hall–Kier alpha value is -1.87. The van der Waals surface area contributed by atoms with Gasteiger partial charge in [-0.2, -0.15) is 0 Å². The molecule has 0 radical (unpaired) electrons. The summed E-state index contributed by atoms with van der Waals surface area (Å²) in [6, 6.07) is 8.12. The number of nitrogens with one attached hydrogen (secondary N) is 1. The first-order chi connectivity index (χ1) is 9.49. The van der Waals surface area contributed by atoms with Gasteiger partial charge in [0.25, 0.3) is 5.56 Å². The summed E-state index contributed by atoms with van der Waals surface area (Å²) in [4.78, 5) is 17.4. The number of pyridine rings is 1. The number of nitrogens with zero attached hydrogens (tertiary/aromatic N) is 1. The minimum Gasteiger partial charge on any atom is -0.322 e. The summed E-state index contributed by atoms with van der Waals surface area (Å²) in [7, 11) is 0. The van der Waals surface area contributed by atoms with Crippen LogP contribution in [0.2, 0.25) is 0 Å². The Bertz CT molecular complexity index is 685. The van der Waals surface area contributed by atoms with Crippen molar-refractivity contribution in [2.24, 2.45) is 0 Å². The molecule has 0 atom stereocenters. The molecule has 0 spiro atoms. The number of hydrogen-bond donors (Lipinski definition) is 1. The monoisotopic (exact) mass is 270 g/mol. The normalized spacial score (nSPS) is 11.2. The molecule has 1 aromatic heterocycles. The van der Waals surface area contributed by atoms with Crippen molar-refractivity contribution in [3.05, 3.63) is 57.9 Å². The molecule has 3 nitrogen and oxygen atoms in total. The summed E-state index contributed by atoms with van der Waals surface area (Å²) in [6.45, 7) is 12.5. The maximum atomic E-state index is 12.2. The standard InChI is InChI=1S/C17H22N2O/c1-5-19(10-12(2)3)11-15-9-14-7-6-13(4)8-16(14)18-17(15)20/h6-9H,2,5,10-11H2,1,3-4H3,(H,18,20). The quantitative estimate of drug-likeness (QED) is 0.847. The van der Waals surface area contributed by atoms with E-state index in [2.05, 4.69) is 35.5 Å². The minimum atomic E-state index is 0.00302. The summed E-state index contributed by atoms with van der Waals surface area (Å²) in [5, 5.41) is 1.08. The van der Waals surface area contributed by atoms with Crippen molar-refractivity contribution in [2.45, 2.75) is 27.3 Å². The lowest BCUT2D eigenvalue weighted by atomic mass is 10.1. The fourth-order valence-electron chi connectivity index (χ4n) is 2.38. The molecule has 0 unspecified atom stereocenters. The number of benzene rings is 1. The molecule has 0 aliphatic rings. The highest BCUT2D eigenvalue weighted by Crippen LogP contribution is 2.14. The molecular weight excluding hydrogens is 248 g/mol. The Kier molecular flexibility index (Phi) is 4.40. The van der Waals surface area contributed by atoms with Gasteiger partial charge in [0.2, 0.25) is 0 Å². The van der Waals surface area contributed by atoms with E-state index in [1.807, 2.05) is 26.0 Å². The third-order valence-corrected chi connectivity index (χ3v) is 3.41. The molecule has 0 fully saturated rings. The zero-order chi connectivity index (χ0) is 14.7. The second kappa shape index (κ2) is 6.06. The van der Waals surface area contributed by atoms with Gasteiger partial charge >= 0.3 is 0 Å². The van der Waals surface area contributed by atoms with Crippen LogP contribution in [0.4, 0.5) is 0 Å². The maximum absolute atomic E-state index is 12.2. The van der Waals surface area contributed by atoms with Crippen molar-refractivity contribution in [3.63, 3.8) is 0 Å². The number of aryl methyl sites for hydroxylation is 1. The van der Waals surface area contributed by atoms with E-state index in [1.54, 1.807) is 0 Å². The highest BCUT2D eigenvalue weighted by Gasteiger charge is 2.08. The summed E-state index contributed by atoms with van der Waals surface area (Å²) >= 11 is 0. The van der Waals surface area contributed by atoms with E-state index >= 15 is 0 Å². The summed E-state index contributed by atoms with van der Waals surface area (Å²) < 4.78 is 0. The van der Waals surface area contributed by atoms with Crippen LogP contribution in [0.25, 0.3) is 10.9 Å². The predicted molar refractivity (Wildman–Crippen MR) is 85.1 cm³/mol. The molecule has 0 bridgehead atoms. The lowest BCUT2D eigenvalue weighted by Gasteiger charge is -2.20. The Morgan fingerprint density at radius 1 is 1.35 bits per heavy atom. The zero-order valence-corrected chi connectivity index (χ0v) is 12.5.